The highest BCUT2D eigenvalue weighted by atomic mass is 15.0. The molecule has 2 rings (SSSR count). The summed E-state index contributed by atoms with van der Waals surface area (Å²) in [5.74, 6) is 0.486. The van der Waals surface area contributed by atoms with E-state index in [1.165, 1.54) is 12.5 Å². The van der Waals surface area contributed by atoms with E-state index in [9.17, 15) is 0 Å². The number of hydrogen-bond acceptors (Lipinski definition) is 3. The molecule has 0 amide bonds. The normalized spacial score (nSPS) is 8.57. The molecule has 0 bridgehead atoms. The van der Waals surface area contributed by atoms with Gasteiger partial charge < -0.3 is 15.6 Å². The number of nitrogens with two attached hydrogens (primary N) is 1. The summed E-state index contributed by atoms with van der Waals surface area (Å²) in [6.07, 6.45) is 6.28. The SMILES string of the molecule is NCc1cnc[nH]1.[C-]#[N+]c1cnc[nH]1. The molecule has 72 valence electrons. The van der Waals surface area contributed by atoms with E-state index < -0.39 is 0 Å². The molecular formula is C8H10N6. The topological polar surface area (TPSA) is 87.7 Å². The molecule has 0 radical (unpaired) electrons. The summed E-state index contributed by atoms with van der Waals surface area (Å²) < 4.78 is 0. The maximum absolute atomic E-state index is 6.41. The summed E-state index contributed by atoms with van der Waals surface area (Å²) in [6, 6.07) is 0. The monoisotopic (exact) mass is 190 g/mol. The smallest absolute Gasteiger partial charge is 0.247 e. The second kappa shape index (κ2) is 5.50. The zero-order chi connectivity index (χ0) is 10.2. The first-order chi connectivity index (χ1) is 6.86. The second-order valence-corrected chi connectivity index (χ2v) is 2.33. The lowest BCUT2D eigenvalue weighted by Gasteiger charge is -1.80. The highest BCUT2D eigenvalue weighted by Gasteiger charge is 1.82. The Balaban J connectivity index is 0.000000140. The number of imidazole rings is 2. The first-order valence-corrected chi connectivity index (χ1v) is 3.90. The predicted molar refractivity (Wildman–Crippen MR) is 51.3 cm³/mol. The Morgan fingerprint density at radius 2 is 2.00 bits per heavy atom. The Morgan fingerprint density at radius 1 is 1.29 bits per heavy atom. The van der Waals surface area contributed by atoms with Gasteiger partial charge in [-0.25, -0.2) is 9.97 Å². The van der Waals surface area contributed by atoms with Crippen LogP contribution in [0.3, 0.4) is 0 Å². The molecule has 0 aliphatic heterocycles. The van der Waals surface area contributed by atoms with Gasteiger partial charge in [0.05, 0.1) is 12.5 Å². The molecule has 0 aromatic carbocycles. The van der Waals surface area contributed by atoms with E-state index in [-0.39, 0.29) is 0 Å². The first kappa shape index (κ1) is 9.95. The lowest BCUT2D eigenvalue weighted by Crippen LogP contribution is -1.94. The van der Waals surface area contributed by atoms with E-state index in [4.69, 9.17) is 12.3 Å². The molecule has 6 nitrogen and oxygen atoms in total. The molecular weight excluding hydrogens is 180 g/mol. The molecule has 0 unspecified atom stereocenters. The highest BCUT2D eigenvalue weighted by molar-refractivity contribution is 5.30. The van der Waals surface area contributed by atoms with Crippen molar-refractivity contribution in [3.63, 3.8) is 0 Å². The van der Waals surface area contributed by atoms with Crippen molar-refractivity contribution in [1.82, 2.24) is 19.9 Å². The Labute approximate surface area is 81.0 Å². The fourth-order valence-electron chi connectivity index (χ4n) is 0.706. The standard InChI is InChI=1S/C4H3N3.C4H7N3/c1-5-4-2-6-3-7-4;5-1-4-2-6-3-7-4/h2-3H,(H,6,7);2-3H,1,5H2,(H,6,7). The van der Waals surface area contributed by atoms with Crippen LogP contribution < -0.4 is 5.73 Å². The van der Waals surface area contributed by atoms with Gasteiger partial charge in [-0.3, -0.25) is 4.98 Å². The Hall–Kier alpha value is -2.13. The van der Waals surface area contributed by atoms with Crippen molar-refractivity contribution in [3.8, 4) is 0 Å². The van der Waals surface area contributed by atoms with Crippen molar-refractivity contribution < 1.29 is 0 Å². The van der Waals surface area contributed by atoms with E-state index in [2.05, 4.69) is 24.8 Å². The van der Waals surface area contributed by atoms with Gasteiger partial charge in [0.2, 0.25) is 5.82 Å². The van der Waals surface area contributed by atoms with Gasteiger partial charge in [-0.2, -0.15) is 0 Å². The second-order valence-electron chi connectivity index (χ2n) is 2.33. The van der Waals surface area contributed by atoms with Gasteiger partial charge in [0.25, 0.3) is 0 Å². The van der Waals surface area contributed by atoms with E-state index in [1.54, 1.807) is 12.5 Å². The van der Waals surface area contributed by atoms with Crippen molar-refractivity contribution in [1.29, 1.82) is 0 Å². The van der Waals surface area contributed by atoms with Gasteiger partial charge in [0.1, 0.15) is 0 Å². The van der Waals surface area contributed by atoms with Crippen LogP contribution in [0.2, 0.25) is 0 Å². The molecule has 0 saturated carbocycles. The number of rotatable bonds is 1. The van der Waals surface area contributed by atoms with Crippen LogP contribution in [-0.2, 0) is 6.54 Å². The summed E-state index contributed by atoms with van der Waals surface area (Å²) in [6.45, 7) is 6.96. The zero-order valence-electron chi connectivity index (χ0n) is 7.44. The number of nitrogens with zero attached hydrogens (tertiary/aromatic N) is 3. The number of aromatic nitrogens is 4. The van der Waals surface area contributed by atoms with Crippen molar-refractivity contribution >= 4 is 5.82 Å². The largest absolute Gasteiger partial charge is 0.363 e. The van der Waals surface area contributed by atoms with Gasteiger partial charge >= 0.3 is 0 Å². The van der Waals surface area contributed by atoms with E-state index in [1.807, 2.05) is 0 Å². The number of H-pyrrole nitrogens is 2. The van der Waals surface area contributed by atoms with Crippen LogP contribution in [0.25, 0.3) is 4.85 Å². The minimum atomic E-state index is 0.486. The van der Waals surface area contributed by atoms with Crippen LogP contribution in [0.4, 0.5) is 5.82 Å². The Bertz CT molecular complexity index is 368. The van der Waals surface area contributed by atoms with Crippen LogP contribution >= 0.6 is 0 Å². The minimum Gasteiger partial charge on any atom is -0.363 e. The summed E-state index contributed by atoms with van der Waals surface area (Å²) in [7, 11) is 0. The molecule has 0 fully saturated rings. The van der Waals surface area contributed by atoms with Crippen molar-refractivity contribution in [2.75, 3.05) is 0 Å². The summed E-state index contributed by atoms with van der Waals surface area (Å²) in [4.78, 5) is 15.9. The lowest BCUT2D eigenvalue weighted by atomic mass is 10.5. The van der Waals surface area contributed by atoms with Crippen LogP contribution in [-0.4, -0.2) is 19.9 Å². The number of aromatic amines is 2. The molecule has 0 saturated heterocycles. The van der Waals surface area contributed by atoms with Crippen molar-refractivity contribution in [2.24, 2.45) is 5.73 Å². The van der Waals surface area contributed by atoms with Crippen LogP contribution in [0.1, 0.15) is 5.69 Å². The molecule has 0 spiro atoms. The van der Waals surface area contributed by atoms with Crippen LogP contribution in [0.15, 0.2) is 25.0 Å². The fourth-order valence-corrected chi connectivity index (χ4v) is 0.706. The molecule has 0 aliphatic rings. The molecule has 2 heterocycles. The lowest BCUT2D eigenvalue weighted by molar-refractivity contribution is 1.01. The third-order valence-electron chi connectivity index (χ3n) is 1.38. The fraction of sp³-hybridized carbons (Fsp3) is 0.125. The molecule has 0 atom stereocenters. The maximum Gasteiger partial charge on any atom is 0.247 e. The van der Waals surface area contributed by atoms with Gasteiger partial charge in [0.15, 0.2) is 6.33 Å². The summed E-state index contributed by atoms with van der Waals surface area (Å²) in [5, 5.41) is 0. The van der Waals surface area contributed by atoms with Crippen molar-refractivity contribution in [2.45, 2.75) is 6.54 Å². The van der Waals surface area contributed by atoms with Crippen LogP contribution in [0, 0.1) is 6.57 Å². The molecule has 14 heavy (non-hydrogen) atoms. The van der Waals surface area contributed by atoms with E-state index in [0.717, 1.165) is 5.69 Å². The van der Waals surface area contributed by atoms with Crippen molar-refractivity contribution in [3.05, 3.63) is 42.2 Å². The van der Waals surface area contributed by atoms with Gasteiger partial charge in [0, 0.05) is 18.4 Å². The summed E-state index contributed by atoms with van der Waals surface area (Å²) in [5.41, 5.74) is 6.20. The van der Waals surface area contributed by atoms with E-state index in [0.29, 0.717) is 12.4 Å². The molecule has 2 aromatic rings. The minimum absolute atomic E-state index is 0.486. The Kier molecular flexibility index (Phi) is 3.91. The van der Waals surface area contributed by atoms with Gasteiger partial charge in [-0.1, -0.05) is 6.57 Å². The average Bonchev–Trinajstić information content (AvgIpc) is 2.92. The third kappa shape index (κ3) is 3.08. The summed E-state index contributed by atoms with van der Waals surface area (Å²) >= 11 is 0. The predicted octanol–water partition coefficient (Wildman–Crippen LogP) is 0.829. The van der Waals surface area contributed by atoms with Gasteiger partial charge in [-0.05, 0) is 0 Å². The third-order valence-corrected chi connectivity index (χ3v) is 1.38. The first-order valence-electron chi connectivity index (χ1n) is 3.90. The van der Waals surface area contributed by atoms with Gasteiger partial charge in [-0.15, -0.1) is 0 Å². The average molecular weight is 190 g/mol. The van der Waals surface area contributed by atoms with Crippen LogP contribution in [0.5, 0.6) is 0 Å². The zero-order valence-corrected chi connectivity index (χ0v) is 7.44. The molecule has 0 aliphatic carbocycles. The molecule has 4 N–H and O–H groups in total. The molecule has 6 heteroatoms. The quantitative estimate of drug-likeness (QED) is 0.582. The molecule has 2 aromatic heterocycles. The van der Waals surface area contributed by atoms with E-state index >= 15 is 0 Å². The number of nitrogens with one attached hydrogen (secondary N) is 2. The highest BCUT2D eigenvalue weighted by Crippen LogP contribution is 2.00. The number of hydrogen-bond donors (Lipinski definition) is 3. The Morgan fingerprint density at radius 3 is 2.29 bits per heavy atom. The maximum atomic E-state index is 6.41.